The molecule has 0 bridgehead atoms. The van der Waals surface area contributed by atoms with Crippen LogP contribution in [0.3, 0.4) is 0 Å². The molecule has 3 heterocycles. The van der Waals surface area contributed by atoms with E-state index < -0.39 is 10.0 Å². The number of primary sulfonamides is 1. The average Bonchev–Trinajstić information content (AvgIpc) is 3.05. The van der Waals surface area contributed by atoms with Crippen molar-refractivity contribution in [2.24, 2.45) is 5.14 Å². The second-order valence-electron chi connectivity index (χ2n) is 4.31. The molecular formula is C13H12N2O3S2. The first-order valence-electron chi connectivity index (χ1n) is 5.81. The standard InChI is InChI=1S/C13H12N2O3S2/c1-9-10(4-7-18-9)12-8-11(15-5-2-3-6-15)13(19-12)20(14,16)17/h2-8H,1H3,(H2,14,16,17). The molecule has 5 nitrogen and oxygen atoms in total. The van der Waals surface area contributed by atoms with E-state index in [9.17, 15) is 8.42 Å². The summed E-state index contributed by atoms with van der Waals surface area (Å²) >= 11 is 1.14. The van der Waals surface area contributed by atoms with Crippen LogP contribution in [0.25, 0.3) is 16.1 Å². The quantitative estimate of drug-likeness (QED) is 0.808. The third-order valence-electron chi connectivity index (χ3n) is 2.94. The van der Waals surface area contributed by atoms with Crippen molar-refractivity contribution in [3.8, 4) is 16.1 Å². The molecule has 3 aromatic rings. The van der Waals surface area contributed by atoms with E-state index >= 15 is 0 Å². The van der Waals surface area contributed by atoms with Gasteiger partial charge in [-0.25, -0.2) is 13.6 Å². The molecule has 0 fully saturated rings. The van der Waals surface area contributed by atoms with E-state index in [1.54, 1.807) is 23.2 Å². The molecule has 0 aliphatic carbocycles. The van der Waals surface area contributed by atoms with Gasteiger partial charge in [0.05, 0.1) is 12.0 Å². The molecule has 3 aromatic heterocycles. The van der Waals surface area contributed by atoms with E-state index in [-0.39, 0.29) is 4.21 Å². The van der Waals surface area contributed by atoms with Gasteiger partial charge in [0.2, 0.25) is 10.0 Å². The first-order valence-corrected chi connectivity index (χ1v) is 8.17. The van der Waals surface area contributed by atoms with Crippen LogP contribution in [-0.2, 0) is 10.0 Å². The summed E-state index contributed by atoms with van der Waals surface area (Å²) in [6.45, 7) is 1.83. The second kappa shape index (κ2) is 4.62. The van der Waals surface area contributed by atoms with Crippen LogP contribution in [0.4, 0.5) is 0 Å². The Kier molecular flexibility index (Phi) is 3.04. The van der Waals surface area contributed by atoms with E-state index in [1.165, 1.54) is 0 Å². The van der Waals surface area contributed by atoms with Crippen LogP contribution in [-0.4, -0.2) is 13.0 Å². The van der Waals surface area contributed by atoms with E-state index in [4.69, 9.17) is 9.56 Å². The van der Waals surface area contributed by atoms with Gasteiger partial charge in [0.1, 0.15) is 5.76 Å². The molecule has 0 atom stereocenters. The van der Waals surface area contributed by atoms with Gasteiger partial charge in [-0.05, 0) is 31.2 Å². The molecule has 0 spiro atoms. The maximum Gasteiger partial charge on any atom is 0.249 e. The Morgan fingerprint density at radius 2 is 2.00 bits per heavy atom. The van der Waals surface area contributed by atoms with Gasteiger partial charge in [-0.15, -0.1) is 11.3 Å². The molecule has 3 rings (SSSR count). The number of sulfonamides is 1. The van der Waals surface area contributed by atoms with Crippen molar-refractivity contribution in [3.63, 3.8) is 0 Å². The minimum atomic E-state index is -3.78. The van der Waals surface area contributed by atoms with Crippen molar-refractivity contribution in [2.45, 2.75) is 11.1 Å². The number of hydrogen-bond acceptors (Lipinski definition) is 4. The Balaban J connectivity index is 2.24. The zero-order valence-electron chi connectivity index (χ0n) is 10.6. The largest absolute Gasteiger partial charge is 0.469 e. The minimum Gasteiger partial charge on any atom is -0.469 e. The normalized spacial score (nSPS) is 11.9. The highest BCUT2D eigenvalue weighted by Crippen LogP contribution is 2.37. The van der Waals surface area contributed by atoms with Crippen LogP contribution in [0.5, 0.6) is 0 Å². The average molecular weight is 308 g/mol. The second-order valence-corrected chi connectivity index (χ2v) is 7.12. The Hall–Kier alpha value is -1.83. The van der Waals surface area contributed by atoms with Gasteiger partial charge in [0.25, 0.3) is 0 Å². The fourth-order valence-electron chi connectivity index (χ4n) is 2.02. The Labute approximate surface area is 120 Å². The molecule has 20 heavy (non-hydrogen) atoms. The predicted octanol–water partition coefficient (Wildman–Crippen LogP) is 2.75. The van der Waals surface area contributed by atoms with Crippen molar-refractivity contribution in [1.82, 2.24) is 4.57 Å². The topological polar surface area (TPSA) is 78.2 Å². The van der Waals surface area contributed by atoms with Crippen LogP contribution < -0.4 is 5.14 Å². The van der Waals surface area contributed by atoms with Crippen molar-refractivity contribution < 1.29 is 12.8 Å². The first kappa shape index (κ1) is 13.2. The smallest absolute Gasteiger partial charge is 0.249 e. The third-order valence-corrected chi connectivity index (χ3v) is 5.57. The van der Waals surface area contributed by atoms with E-state index in [2.05, 4.69) is 0 Å². The molecule has 0 saturated carbocycles. The number of hydrogen-bond donors (Lipinski definition) is 1. The number of aryl methyl sites for hydroxylation is 1. The molecule has 0 radical (unpaired) electrons. The summed E-state index contributed by atoms with van der Waals surface area (Å²) in [4.78, 5) is 0.809. The van der Waals surface area contributed by atoms with Crippen LogP contribution in [0.15, 0.2) is 51.5 Å². The van der Waals surface area contributed by atoms with Gasteiger partial charge in [0, 0.05) is 22.8 Å². The van der Waals surface area contributed by atoms with E-state index in [1.807, 2.05) is 31.2 Å². The molecule has 2 N–H and O–H groups in total. The number of nitrogens with zero attached hydrogens (tertiary/aromatic N) is 1. The van der Waals surface area contributed by atoms with E-state index in [0.717, 1.165) is 27.5 Å². The molecular weight excluding hydrogens is 296 g/mol. The summed E-state index contributed by atoms with van der Waals surface area (Å²) in [5.41, 5.74) is 1.43. The lowest BCUT2D eigenvalue weighted by Crippen LogP contribution is -2.12. The van der Waals surface area contributed by atoms with Gasteiger partial charge in [0.15, 0.2) is 4.21 Å². The van der Waals surface area contributed by atoms with E-state index in [0.29, 0.717) is 5.69 Å². The fraction of sp³-hybridized carbons (Fsp3) is 0.0769. The maximum absolute atomic E-state index is 11.8. The lowest BCUT2D eigenvalue weighted by molar-refractivity contribution is 0.535. The van der Waals surface area contributed by atoms with Crippen molar-refractivity contribution in [3.05, 3.63) is 48.7 Å². The number of aromatic nitrogens is 1. The molecule has 0 aromatic carbocycles. The van der Waals surface area contributed by atoms with Crippen molar-refractivity contribution in [1.29, 1.82) is 0 Å². The predicted molar refractivity (Wildman–Crippen MR) is 77.5 cm³/mol. The summed E-state index contributed by atoms with van der Waals surface area (Å²) in [5, 5.41) is 5.31. The third kappa shape index (κ3) is 2.20. The summed E-state index contributed by atoms with van der Waals surface area (Å²) in [6, 6.07) is 7.27. The Morgan fingerprint density at radius 3 is 2.55 bits per heavy atom. The lowest BCUT2D eigenvalue weighted by atomic mass is 10.2. The van der Waals surface area contributed by atoms with Gasteiger partial charge >= 0.3 is 0 Å². The van der Waals surface area contributed by atoms with Crippen molar-refractivity contribution >= 4 is 21.4 Å². The zero-order valence-corrected chi connectivity index (χ0v) is 12.2. The van der Waals surface area contributed by atoms with Gasteiger partial charge in [-0.2, -0.15) is 0 Å². The van der Waals surface area contributed by atoms with Gasteiger partial charge in [-0.3, -0.25) is 0 Å². The molecule has 0 amide bonds. The molecule has 7 heteroatoms. The molecule has 0 saturated heterocycles. The highest BCUT2D eigenvalue weighted by atomic mass is 32.2. The van der Waals surface area contributed by atoms with Crippen LogP contribution >= 0.6 is 11.3 Å². The number of thiophene rings is 1. The Bertz CT molecular complexity index is 842. The number of furan rings is 1. The SMILES string of the molecule is Cc1occc1-c1cc(-n2cccc2)c(S(N)(=O)=O)s1. The molecule has 0 unspecified atom stereocenters. The highest BCUT2D eigenvalue weighted by molar-refractivity contribution is 7.91. The van der Waals surface area contributed by atoms with Gasteiger partial charge < -0.3 is 8.98 Å². The summed E-state index contributed by atoms with van der Waals surface area (Å²) in [7, 11) is -3.78. The molecule has 104 valence electrons. The summed E-state index contributed by atoms with van der Waals surface area (Å²) in [6.07, 6.45) is 5.14. The minimum absolute atomic E-state index is 0.143. The molecule has 0 aliphatic rings. The van der Waals surface area contributed by atoms with Crippen LogP contribution in [0, 0.1) is 6.92 Å². The van der Waals surface area contributed by atoms with Crippen molar-refractivity contribution in [2.75, 3.05) is 0 Å². The fourth-order valence-corrected chi connectivity index (χ4v) is 4.17. The van der Waals surface area contributed by atoms with Gasteiger partial charge in [-0.1, -0.05) is 0 Å². The Morgan fingerprint density at radius 1 is 1.30 bits per heavy atom. The summed E-state index contributed by atoms with van der Waals surface area (Å²) < 4.78 is 30.7. The summed E-state index contributed by atoms with van der Waals surface area (Å²) in [5.74, 6) is 0.742. The lowest BCUT2D eigenvalue weighted by Gasteiger charge is -2.01. The maximum atomic E-state index is 11.8. The molecule has 0 aliphatic heterocycles. The highest BCUT2D eigenvalue weighted by Gasteiger charge is 2.21. The number of nitrogens with two attached hydrogens (primary N) is 1. The first-order chi connectivity index (χ1) is 9.47. The number of rotatable bonds is 3. The van der Waals surface area contributed by atoms with Crippen LogP contribution in [0.1, 0.15) is 5.76 Å². The monoisotopic (exact) mass is 308 g/mol. The zero-order chi connectivity index (χ0) is 14.3. The van der Waals surface area contributed by atoms with Crippen LogP contribution in [0.2, 0.25) is 0 Å².